The summed E-state index contributed by atoms with van der Waals surface area (Å²) in [6.45, 7) is 2.12. The number of hydrogen-bond acceptors (Lipinski definition) is 3. The van der Waals surface area contributed by atoms with Crippen molar-refractivity contribution in [1.82, 2.24) is 0 Å². The molecule has 0 spiro atoms. The summed E-state index contributed by atoms with van der Waals surface area (Å²) in [4.78, 5) is 11.3. The van der Waals surface area contributed by atoms with Gasteiger partial charge in [-0.05, 0) is 31.6 Å². The highest BCUT2D eigenvalue weighted by Gasteiger charge is 2.52. The Balaban J connectivity index is 1.71. The number of rotatable bonds is 6. The van der Waals surface area contributed by atoms with Gasteiger partial charge in [0.2, 0.25) is 0 Å². The lowest BCUT2D eigenvalue weighted by molar-refractivity contribution is -0.135. The van der Waals surface area contributed by atoms with Gasteiger partial charge in [-0.1, -0.05) is 19.8 Å². The highest BCUT2D eigenvalue weighted by molar-refractivity contribution is 5.88. The molecule has 2 aliphatic rings. The van der Waals surface area contributed by atoms with E-state index in [-0.39, 0.29) is 30.0 Å². The van der Waals surface area contributed by atoms with Crippen LogP contribution in [0.3, 0.4) is 0 Å². The molecule has 5 unspecified atom stereocenters. The summed E-state index contributed by atoms with van der Waals surface area (Å²) in [5.74, 6) is 0.957. The van der Waals surface area contributed by atoms with Crippen LogP contribution in [0.4, 0.5) is 0 Å². The van der Waals surface area contributed by atoms with Gasteiger partial charge in [-0.2, -0.15) is 0 Å². The Kier molecular flexibility index (Phi) is 4.21. The van der Waals surface area contributed by atoms with Gasteiger partial charge in [0.25, 0.3) is 0 Å². The Bertz CT molecular complexity index is 277. The maximum Gasteiger partial charge on any atom is 0.136 e. The van der Waals surface area contributed by atoms with Gasteiger partial charge in [0.15, 0.2) is 0 Å². The van der Waals surface area contributed by atoms with Crippen molar-refractivity contribution in [3.63, 3.8) is 0 Å². The number of aliphatic hydroxyl groups excluding tert-OH is 2. The van der Waals surface area contributed by atoms with Crippen LogP contribution >= 0.6 is 0 Å². The SMILES string of the molecule is CCCCC(O)CCC1CC2C(=O)CC2C1O. The zero-order chi connectivity index (χ0) is 12.4. The van der Waals surface area contributed by atoms with Crippen molar-refractivity contribution >= 4 is 5.78 Å². The first kappa shape index (κ1) is 13.0. The van der Waals surface area contributed by atoms with E-state index >= 15 is 0 Å². The Hall–Kier alpha value is -0.410. The third-order valence-electron chi connectivity index (χ3n) is 4.61. The predicted octanol–water partition coefficient (Wildman–Crippen LogP) is 1.90. The fourth-order valence-electron chi connectivity index (χ4n) is 3.36. The smallest absolute Gasteiger partial charge is 0.136 e. The van der Waals surface area contributed by atoms with E-state index in [0.29, 0.717) is 12.2 Å². The van der Waals surface area contributed by atoms with Crippen LogP contribution < -0.4 is 0 Å². The zero-order valence-electron chi connectivity index (χ0n) is 10.6. The minimum atomic E-state index is -0.295. The summed E-state index contributed by atoms with van der Waals surface area (Å²) in [6, 6.07) is 0. The van der Waals surface area contributed by atoms with E-state index in [1.807, 2.05) is 0 Å². The Morgan fingerprint density at radius 2 is 2.18 bits per heavy atom. The molecule has 0 amide bonds. The van der Waals surface area contributed by atoms with Gasteiger partial charge < -0.3 is 10.2 Å². The van der Waals surface area contributed by atoms with Gasteiger partial charge in [-0.3, -0.25) is 4.79 Å². The van der Waals surface area contributed by atoms with Crippen molar-refractivity contribution < 1.29 is 15.0 Å². The molecule has 17 heavy (non-hydrogen) atoms. The molecular weight excluding hydrogens is 216 g/mol. The number of carbonyl (C=O) groups is 1. The van der Waals surface area contributed by atoms with Crippen LogP contribution in [0.5, 0.6) is 0 Å². The number of Topliss-reactive ketones (excluding diaryl/α,β-unsaturated/α-hetero) is 1. The molecule has 3 nitrogen and oxygen atoms in total. The van der Waals surface area contributed by atoms with E-state index in [1.54, 1.807) is 0 Å². The molecule has 3 heteroatoms. The lowest BCUT2D eigenvalue weighted by Gasteiger charge is -2.30. The summed E-state index contributed by atoms with van der Waals surface area (Å²) in [7, 11) is 0. The minimum absolute atomic E-state index is 0.141. The number of aliphatic hydroxyl groups is 2. The van der Waals surface area contributed by atoms with Crippen LogP contribution in [0.25, 0.3) is 0 Å². The lowest BCUT2D eigenvalue weighted by atomic mass is 9.74. The van der Waals surface area contributed by atoms with Crippen LogP contribution in [0.2, 0.25) is 0 Å². The molecule has 0 aliphatic heterocycles. The first-order valence-electron chi connectivity index (χ1n) is 7.02. The molecule has 2 rings (SSSR count). The Morgan fingerprint density at radius 1 is 1.41 bits per heavy atom. The molecular formula is C14H24O3. The highest BCUT2D eigenvalue weighted by atomic mass is 16.3. The molecule has 0 saturated heterocycles. The molecule has 2 N–H and O–H groups in total. The van der Waals surface area contributed by atoms with Gasteiger partial charge in [0, 0.05) is 18.3 Å². The maximum absolute atomic E-state index is 11.3. The molecule has 2 saturated carbocycles. The molecule has 0 aromatic carbocycles. The zero-order valence-corrected chi connectivity index (χ0v) is 10.6. The summed E-state index contributed by atoms with van der Waals surface area (Å²) in [5, 5.41) is 19.8. The fourth-order valence-corrected chi connectivity index (χ4v) is 3.36. The van der Waals surface area contributed by atoms with Gasteiger partial charge in [0.05, 0.1) is 12.2 Å². The number of carbonyl (C=O) groups excluding carboxylic acids is 1. The van der Waals surface area contributed by atoms with Crippen molar-refractivity contribution in [3.8, 4) is 0 Å². The molecule has 98 valence electrons. The van der Waals surface area contributed by atoms with E-state index in [1.165, 1.54) is 0 Å². The quantitative estimate of drug-likeness (QED) is 0.745. The summed E-state index contributed by atoms with van der Waals surface area (Å²) < 4.78 is 0. The monoisotopic (exact) mass is 240 g/mol. The normalized spacial score (nSPS) is 37.7. The number of hydrogen-bond donors (Lipinski definition) is 2. The molecule has 0 bridgehead atoms. The van der Waals surface area contributed by atoms with E-state index < -0.39 is 0 Å². The largest absolute Gasteiger partial charge is 0.393 e. The third-order valence-corrected chi connectivity index (χ3v) is 4.61. The highest BCUT2D eigenvalue weighted by Crippen LogP contribution is 2.48. The minimum Gasteiger partial charge on any atom is -0.393 e. The van der Waals surface area contributed by atoms with Crippen LogP contribution in [0.15, 0.2) is 0 Å². The van der Waals surface area contributed by atoms with E-state index in [2.05, 4.69) is 6.92 Å². The van der Waals surface area contributed by atoms with E-state index in [4.69, 9.17) is 0 Å². The van der Waals surface area contributed by atoms with Crippen LogP contribution in [0, 0.1) is 17.8 Å². The van der Waals surface area contributed by atoms with Gasteiger partial charge in [-0.15, -0.1) is 0 Å². The fraction of sp³-hybridized carbons (Fsp3) is 0.929. The Labute approximate surface area is 103 Å². The van der Waals surface area contributed by atoms with Gasteiger partial charge in [-0.25, -0.2) is 0 Å². The van der Waals surface area contributed by atoms with E-state index in [0.717, 1.165) is 38.5 Å². The molecule has 5 atom stereocenters. The molecule has 2 aliphatic carbocycles. The van der Waals surface area contributed by atoms with Crippen molar-refractivity contribution in [2.75, 3.05) is 0 Å². The average Bonchev–Trinajstić information content (AvgIpc) is 2.56. The summed E-state index contributed by atoms with van der Waals surface area (Å²) in [6.07, 6.45) is 5.60. The van der Waals surface area contributed by atoms with Crippen LogP contribution in [0.1, 0.15) is 51.9 Å². The first-order chi connectivity index (χ1) is 8.13. The second kappa shape index (κ2) is 5.49. The number of unbranched alkanes of at least 4 members (excludes halogenated alkanes) is 1. The molecule has 0 radical (unpaired) electrons. The third kappa shape index (κ3) is 2.71. The van der Waals surface area contributed by atoms with Crippen molar-refractivity contribution in [2.45, 2.75) is 64.1 Å². The standard InChI is InChI=1S/C14H24O3/c1-2-3-4-10(15)6-5-9-7-11-12(14(9)17)8-13(11)16/h9-12,14-15,17H,2-8H2,1H3. The molecule has 0 aromatic heterocycles. The van der Waals surface area contributed by atoms with Crippen molar-refractivity contribution in [3.05, 3.63) is 0 Å². The lowest BCUT2D eigenvalue weighted by Crippen LogP contribution is -2.38. The summed E-state index contributed by atoms with van der Waals surface area (Å²) in [5.41, 5.74) is 0. The Morgan fingerprint density at radius 3 is 2.76 bits per heavy atom. The number of fused-ring (bicyclic) bond motifs is 1. The molecule has 2 fully saturated rings. The second-order valence-electron chi connectivity index (χ2n) is 5.80. The topological polar surface area (TPSA) is 57.5 Å². The molecule has 0 aromatic rings. The number of ketones is 1. The average molecular weight is 240 g/mol. The first-order valence-corrected chi connectivity index (χ1v) is 7.02. The van der Waals surface area contributed by atoms with Crippen molar-refractivity contribution in [2.24, 2.45) is 17.8 Å². The summed E-state index contributed by atoms with van der Waals surface area (Å²) >= 11 is 0. The van der Waals surface area contributed by atoms with Gasteiger partial charge in [0.1, 0.15) is 5.78 Å². The van der Waals surface area contributed by atoms with Gasteiger partial charge >= 0.3 is 0 Å². The van der Waals surface area contributed by atoms with Crippen molar-refractivity contribution in [1.29, 1.82) is 0 Å². The predicted molar refractivity (Wildman–Crippen MR) is 65.5 cm³/mol. The molecule has 0 heterocycles. The van der Waals surface area contributed by atoms with Crippen LogP contribution in [-0.4, -0.2) is 28.2 Å². The maximum atomic E-state index is 11.3. The second-order valence-corrected chi connectivity index (χ2v) is 5.80. The van der Waals surface area contributed by atoms with E-state index in [9.17, 15) is 15.0 Å². The van der Waals surface area contributed by atoms with Crippen LogP contribution in [-0.2, 0) is 4.79 Å².